The molecule has 0 unspecified atom stereocenters. The molecule has 0 aromatic heterocycles. The van der Waals surface area contributed by atoms with Gasteiger partial charge in [0.25, 0.3) is 5.91 Å². The van der Waals surface area contributed by atoms with E-state index >= 15 is 0 Å². The molecule has 0 radical (unpaired) electrons. The smallest absolute Gasteiger partial charge is 0.265 e. The van der Waals surface area contributed by atoms with Gasteiger partial charge in [0.1, 0.15) is 17.2 Å². The van der Waals surface area contributed by atoms with E-state index in [4.69, 9.17) is 14.2 Å². The lowest BCUT2D eigenvalue weighted by Gasteiger charge is -2.18. The molecule has 2 rings (SSSR count). The maximum absolute atomic E-state index is 12.4. The number of anilines is 1. The number of methoxy groups -OCH3 is 2. The van der Waals surface area contributed by atoms with Crippen LogP contribution < -0.4 is 19.5 Å². The van der Waals surface area contributed by atoms with E-state index in [0.29, 0.717) is 22.9 Å². The van der Waals surface area contributed by atoms with Gasteiger partial charge in [-0.15, -0.1) is 0 Å². The van der Waals surface area contributed by atoms with Crippen molar-refractivity contribution < 1.29 is 19.0 Å². The molecule has 0 saturated heterocycles. The van der Waals surface area contributed by atoms with Crippen LogP contribution in [-0.4, -0.2) is 26.2 Å². The fraction of sp³-hybridized carbons (Fsp3) is 0.316. The van der Waals surface area contributed by atoms with Crippen LogP contribution in [0.4, 0.5) is 5.69 Å². The lowest BCUT2D eigenvalue weighted by atomic mass is 10.1. The highest BCUT2D eigenvalue weighted by atomic mass is 16.5. The Bertz CT molecular complexity index is 727. The SMILES string of the molecule is COc1ccc(NC(=O)[C@@H](C)Oc2cccc(C)c2C)c(OC)c1. The van der Waals surface area contributed by atoms with Crippen LogP contribution >= 0.6 is 0 Å². The van der Waals surface area contributed by atoms with Gasteiger partial charge < -0.3 is 19.5 Å². The zero-order valence-electron chi connectivity index (χ0n) is 14.7. The number of nitrogens with one attached hydrogen (secondary N) is 1. The molecule has 0 fully saturated rings. The summed E-state index contributed by atoms with van der Waals surface area (Å²) in [5.41, 5.74) is 2.72. The molecule has 0 heterocycles. The fourth-order valence-corrected chi connectivity index (χ4v) is 2.23. The molecule has 1 N–H and O–H groups in total. The van der Waals surface area contributed by atoms with Gasteiger partial charge in [-0.1, -0.05) is 12.1 Å². The summed E-state index contributed by atoms with van der Waals surface area (Å²) in [6, 6.07) is 11.0. The maximum Gasteiger partial charge on any atom is 0.265 e. The summed E-state index contributed by atoms with van der Waals surface area (Å²) in [6.07, 6.45) is -0.641. The van der Waals surface area contributed by atoms with Gasteiger partial charge in [-0.2, -0.15) is 0 Å². The van der Waals surface area contributed by atoms with Crippen LogP contribution in [0.1, 0.15) is 18.1 Å². The van der Waals surface area contributed by atoms with Crippen molar-refractivity contribution in [1.29, 1.82) is 0 Å². The quantitative estimate of drug-likeness (QED) is 0.877. The Kier molecular flexibility index (Phi) is 5.68. The van der Waals surface area contributed by atoms with Gasteiger partial charge in [-0.25, -0.2) is 0 Å². The zero-order valence-corrected chi connectivity index (χ0v) is 14.7. The maximum atomic E-state index is 12.4. The number of benzene rings is 2. The van der Waals surface area contributed by atoms with E-state index < -0.39 is 6.10 Å². The average molecular weight is 329 g/mol. The Morgan fingerprint density at radius 2 is 1.79 bits per heavy atom. The van der Waals surface area contributed by atoms with E-state index in [1.54, 1.807) is 39.3 Å². The average Bonchev–Trinajstić information content (AvgIpc) is 2.59. The first kappa shape index (κ1) is 17.7. The minimum atomic E-state index is -0.641. The third-order valence-corrected chi connectivity index (χ3v) is 3.89. The molecular weight excluding hydrogens is 306 g/mol. The van der Waals surface area contributed by atoms with Gasteiger partial charge in [-0.3, -0.25) is 4.79 Å². The second-order valence-electron chi connectivity index (χ2n) is 5.51. The van der Waals surface area contributed by atoms with Gasteiger partial charge in [0.05, 0.1) is 19.9 Å². The molecule has 1 atom stereocenters. The number of carbonyl (C=O) groups is 1. The summed E-state index contributed by atoms with van der Waals surface area (Å²) < 4.78 is 16.2. The molecule has 5 nitrogen and oxygen atoms in total. The molecule has 0 aliphatic rings. The van der Waals surface area contributed by atoms with Gasteiger partial charge in [0.15, 0.2) is 6.10 Å². The van der Waals surface area contributed by atoms with Gasteiger partial charge >= 0.3 is 0 Å². The summed E-state index contributed by atoms with van der Waals surface area (Å²) in [6.45, 7) is 5.70. The van der Waals surface area contributed by atoms with Crippen molar-refractivity contribution in [1.82, 2.24) is 0 Å². The Balaban J connectivity index is 2.10. The highest BCUT2D eigenvalue weighted by molar-refractivity contribution is 5.95. The Morgan fingerprint density at radius 1 is 1.04 bits per heavy atom. The number of carbonyl (C=O) groups excluding carboxylic acids is 1. The van der Waals surface area contributed by atoms with E-state index in [-0.39, 0.29) is 5.91 Å². The summed E-state index contributed by atoms with van der Waals surface area (Å²) in [5, 5.41) is 2.82. The predicted octanol–water partition coefficient (Wildman–Crippen LogP) is 3.73. The van der Waals surface area contributed by atoms with Crippen LogP contribution in [-0.2, 0) is 4.79 Å². The summed E-state index contributed by atoms with van der Waals surface area (Å²) >= 11 is 0. The van der Waals surface area contributed by atoms with Gasteiger partial charge in [-0.05, 0) is 50.1 Å². The third-order valence-electron chi connectivity index (χ3n) is 3.89. The fourth-order valence-electron chi connectivity index (χ4n) is 2.23. The molecule has 128 valence electrons. The lowest BCUT2D eigenvalue weighted by molar-refractivity contribution is -0.122. The molecule has 2 aromatic carbocycles. The normalized spacial score (nSPS) is 11.5. The first-order chi connectivity index (χ1) is 11.5. The van der Waals surface area contributed by atoms with Crippen molar-refractivity contribution in [2.24, 2.45) is 0 Å². The molecule has 5 heteroatoms. The largest absolute Gasteiger partial charge is 0.497 e. The van der Waals surface area contributed by atoms with Crippen LogP contribution in [0.15, 0.2) is 36.4 Å². The van der Waals surface area contributed by atoms with Gasteiger partial charge in [0.2, 0.25) is 0 Å². The lowest BCUT2D eigenvalue weighted by Crippen LogP contribution is -2.30. The summed E-state index contributed by atoms with van der Waals surface area (Å²) in [7, 11) is 3.12. The van der Waals surface area contributed by atoms with Crippen molar-refractivity contribution in [2.45, 2.75) is 26.9 Å². The van der Waals surface area contributed by atoms with Gasteiger partial charge in [0, 0.05) is 6.07 Å². The molecule has 0 saturated carbocycles. The number of aryl methyl sites for hydroxylation is 1. The molecule has 24 heavy (non-hydrogen) atoms. The molecule has 0 spiro atoms. The first-order valence-corrected chi connectivity index (χ1v) is 7.72. The van der Waals surface area contributed by atoms with Crippen molar-refractivity contribution in [2.75, 3.05) is 19.5 Å². The van der Waals surface area contributed by atoms with Crippen molar-refractivity contribution in [3.63, 3.8) is 0 Å². The van der Waals surface area contributed by atoms with Crippen molar-refractivity contribution in [3.8, 4) is 17.2 Å². The molecule has 1 amide bonds. The Morgan fingerprint density at radius 3 is 2.46 bits per heavy atom. The number of hydrogen-bond donors (Lipinski definition) is 1. The first-order valence-electron chi connectivity index (χ1n) is 7.72. The minimum absolute atomic E-state index is 0.251. The van der Waals surface area contributed by atoms with E-state index in [9.17, 15) is 4.79 Å². The summed E-state index contributed by atoms with van der Waals surface area (Å²) in [4.78, 5) is 12.4. The standard InChI is InChI=1S/C19H23NO4/c1-12-7-6-8-17(13(12)2)24-14(3)19(21)20-16-10-9-15(22-4)11-18(16)23-5/h6-11,14H,1-5H3,(H,20,21)/t14-/m1/s1. The predicted molar refractivity (Wildman–Crippen MR) is 94.2 cm³/mol. The van der Waals surface area contributed by atoms with Crippen molar-refractivity contribution >= 4 is 11.6 Å². The van der Waals surface area contributed by atoms with E-state index in [1.165, 1.54) is 0 Å². The minimum Gasteiger partial charge on any atom is -0.497 e. The van der Waals surface area contributed by atoms with E-state index in [1.807, 2.05) is 32.0 Å². The van der Waals surface area contributed by atoms with Crippen LogP contribution in [0, 0.1) is 13.8 Å². The highest BCUT2D eigenvalue weighted by Crippen LogP contribution is 2.29. The Hall–Kier alpha value is -2.69. The van der Waals surface area contributed by atoms with Crippen LogP contribution in [0.5, 0.6) is 17.2 Å². The monoisotopic (exact) mass is 329 g/mol. The second kappa shape index (κ2) is 7.73. The summed E-state index contributed by atoms with van der Waals surface area (Å²) in [5.74, 6) is 1.64. The molecule has 0 aliphatic heterocycles. The third kappa shape index (κ3) is 3.98. The number of hydrogen-bond acceptors (Lipinski definition) is 4. The van der Waals surface area contributed by atoms with E-state index in [2.05, 4.69) is 5.32 Å². The molecule has 0 bridgehead atoms. The topological polar surface area (TPSA) is 56.8 Å². The zero-order chi connectivity index (χ0) is 17.7. The van der Waals surface area contributed by atoms with Crippen LogP contribution in [0.25, 0.3) is 0 Å². The second-order valence-corrected chi connectivity index (χ2v) is 5.51. The highest BCUT2D eigenvalue weighted by Gasteiger charge is 2.18. The number of rotatable bonds is 6. The molecule has 2 aromatic rings. The molecular formula is C19H23NO4. The van der Waals surface area contributed by atoms with Crippen LogP contribution in [0.2, 0.25) is 0 Å². The number of ether oxygens (including phenoxy) is 3. The van der Waals surface area contributed by atoms with Crippen molar-refractivity contribution in [3.05, 3.63) is 47.5 Å². The van der Waals surface area contributed by atoms with Crippen LogP contribution in [0.3, 0.4) is 0 Å². The number of amides is 1. The molecule has 0 aliphatic carbocycles. The Labute approximate surface area is 142 Å². The van der Waals surface area contributed by atoms with E-state index in [0.717, 1.165) is 11.1 Å².